The molecule has 16 heavy (non-hydrogen) atoms. The van der Waals surface area contributed by atoms with Crippen LogP contribution in [0.4, 0.5) is 0 Å². The summed E-state index contributed by atoms with van der Waals surface area (Å²) in [5, 5.41) is 4.60. The molecule has 2 rings (SSSR count). The molecule has 86 valence electrons. The number of fused-ring (bicyclic) bond motifs is 1. The second-order valence-electron chi connectivity index (χ2n) is 4.75. The number of aryl methyl sites for hydroxylation is 1. The smallest absolute Gasteiger partial charge is 0.0459 e. The molecule has 0 aliphatic heterocycles. The fourth-order valence-electron chi connectivity index (χ4n) is 2.36. The molecule has 0 bridgehead atoms. The van der Waals surface area contributed by atoms with Crippen LogP contribution in [0.1, 0.15) is 36.6 Å². The van der Waals surface area contributed by atoms with Gasteiger partial charge in [-0.05, 0) is 37.6 Å². The third-order valence-electron chi connectivity index (χ3n) is 3.01. The van der Waals surface area contributed by atoms with Crippen molar-refractivity contribution in [3.63, 3.8) is 0 Å². The topological polar surface area (TPSA) is 27.8 Å². The first kappa shape index (κ1) is 11.2. The number of nitrogens with one attached hydrogen (secondary N) is 2. The summed E-state index contributed by atoms with van der Waals surface area (Å²) in [6, 6.07) is 6.61. The summed E-state index contributed by atoms with van der Waals surface area (Å²) in [7, 11) is 1.99. The zero-order valence-corrected chi connectivity index (χ0v) is 10.5. The second kappa shape index (κ2) is 4.30. The molecule has 1 aromatic carbocycles. The highest BCUT2D eigenvalue weighted by molar-refractivity contribution is 5.85. The Kier molecular flexibility index (Phi) is 3.01. The summed E-state index contributed by atoms with van der Waals surface area (Å²) in [5.41, 5.74) is 5.34. The van der Waals surface area contributed by atoms with E-state index in [0.29, 0.717) is 5.92 Å². The molecule has 0 atom stereocenters. The van der Waals surface area contributed by atoms with E-state index in [-0.39, 0.29) is 0 Å². The lowest BCUT2D eigenvalue weighted by molar-refractivity contribution is 0.765. The minimum absolute atomic E-state index is 0.555. The predicted octanol–water partition coefficient (Wildman–Crippen LogP) is 3.32. The molecule has 0 saturated carbocycles. The predicted molar refractivity (Wildman–Crippen MR) is 69.9 cm³/mol. The van der Waals surface area contributed by atoms with Gasteiger partial charge in [-0.25, -0.2) is 0 Å². The van der Waals surface area contributed by atoms with Gasteiger partial charge in [-0.2, -0.15) is 0 Å². The zero-order valence-electron chi connectivity index (χ0n) is 10.5. The van der Waals surface area contributed by atoms with Gasteiger partial charge in [0.1, 0.15) is 0 Å². The molecule has 1 aromatic heterocycles. The normalized spacial score (nSPS) is 11.6. The Labute approximate surface area is 97.1 Å². The van der Waals surface area contributed by atoms with Crippen LogP contribution in [0, 0.1) is 6.92 Å². The molecule has 1 heterocycles. The van der Waals surface area contributed by atoms with Crippen molar-refractivity contribution in [3.05, 3.63) is 35.0 Å². The van der Waals surface area contributed by atoms with E-state index >= 15 is 0 Å². The highest BCUT2D eigenvalue weighted by atomic mass is 14.9. The van der Waals surface area contributed by atoms with Gasteiger partial charge in [0, 0.05) is 23.1 Å². The van der Waals surface area contributed by atoms with Gasteiger partial charge in [0.05, 0.1) is 0 Å². The average molecular weight is 216 g/mol. The maximum absolute atomic E-state index is 3.51. The number of aromatic nitrogens is 1. The Balaban J connectivity index is 2.67. The number of hydrogen-bond acceptors (Lipinski definition) is 1. The Hall–Kier alpha value is -1.28. The summed E-state index contributed by atoms with van der Waals surface area (Å²) in [6.07, 6.45) is 0. The lowest BCUT2D eigenvalue weighted by atomic mass is 9.98. The first-order valence-corrected chi connectivity index (χ1v) is 5.89. The number of rotatable bonds is 3. The molecule has 0 amide bonds. The second-order valence-corrected chi connectivity index (χ2v) is 4.75. The number of aromatic amines is 1. The quantitative estimate of drug-likeness (QED) is 0.809. The lowest BCUT2D eigenvalue weighted by Crippen LogP contribution is -2.08. The highest BCUT2D eigenvalue weighted by Crippen LogP contribution is 2.29. The monoisotopic (exact) mass is 216 g/mol. The van der Waals surface area contributed by atoms with Crippen LogP contribution in [0.2, 0.25) is 0 Å². The van der Waals surface area contributed by atoms with Gasteiger partial charge < -0.3 is 10.3 Å². The van der Waals surface area contributed by atoms with Gasteiger partial charge in [-0.1, -0.05) is 25.5 Å². The van der Waals surface area contributed by atoms with E-state index in [1.54, 1.807) is 0 Å². The Morgan fingerprint density at radius 1 is 1.31 bits per heavy atom. The van der Waals surface area contributed by atoms with Gasteiger partial charge in [0.15, 0.2) is 0 Å². The molecule has 0 saturated heterocycles. The van der Waals surface area contributed by atoms with Crippen LogP contribution < -0.4 is 5.32 Å². The lowest BCUT2D eigenvalue weighted by Gasteiger charge is -2.07. The molecule has 0 fully saturated rings. The van der Waals surface area contributed by atoms with Crippen LogP contribution in [0.5, 0.6) is 0 Å². The molecule has 2 N–H and O–H groups in total. The first-order valence-electron chi connectivity index (χ1n) is 5.89. The Bertz CT molecular complexity index is 495. The molecular weight excluding hydrogens is 196 g/mol. The fraction of sp³-hybridized carbons (Fsp3) is 0.429. The number of H-pyrrole nitrogens is 1. The van der Waals surface area contributed by atoms with E-state index in [1.807, 2.05) is 7.05 Å². The molecule has 0 aliphatic carbocycles. The summed E-state index contributed by atoms with van der Waals surface area (Å²) in [5.74, 6) is 0.555. The van der Waals surface area contributed by atoms with E-state index in [0.717, 1.165) is 6.54 Å². The van der Waals surface area contributed by atoms with Crippen LogP contribution >= 0.6 is 0 Å². The van der Waals surface area contributed by atoms with Crippen LogP contribution in [-0.4, -0.2) is 12.0 Å². The molecule has 0 radical (unpaired) electrons. The van der Waals surface area contributed by atoms with Crippen LogP contribution in [0.25, 0.3) is 10.9 Å². The number of hydrogen-bond donors (Lipinski definition) is 2. The molecule has 2 nitrogen and oxygen atoms in total. The molecule has 0 spiro atoms. The van der Waals surface area contributed by atoms with Gasteiger partial charge in [0.2, 0.25) is 0 Å². The van der Waals surface area contributed by atoms with Crippen molar-refractivity contribution < 1.29 is 0 Å². The maximum atomic E-state index is 3.51. The van der Waals surface area contributed by atoms with Crippen LogP contribution in [0.3, 0.4) is 0 Å². The Morgan fingerprint density at radius 2 is 2.06 bits per heavy atom. The average Bonchev–Trinajstić information content (AvgIpc) is 2.55. The van der Waals surface area contributed by atoms with Gasteiger partial charge >= 0.3 is 0 Å². The summed E-state index contributed by atoms with van der Waals surface area (Å²) >= 11 is 0. The van der Waals surface area contributed by atoms with Crippen molar-refractivity contribution in [1.29, 1.82) is 0 Å². The van der Waals surface area contributed by atoms with Gasteiger partial charge in [-0.15, -0.1) is 0 Å². The third-order valence-corrected chi connectivity index (χ3v) is 3.01. The summed E-state index contributed by atoms with van der Waals surface area (Å²) in [6.45, 7) is 7.56. The van der Waals surface area contributed by atoms with Crippen molar-refractivity contribution in [2.24, 2.45) is 0 Å². The minimum Gasteiger partial charge on any atom is -0.357 e. The van der Waals surface area contributed by atoms with E-state index in [9.17, 15) is 0 Å². The third kappa shape index (κ3) is 1.85. The minimum atomic E-state index is 0.555. The first-order chi connectivity index (χ1) is 7.63. The zero-order chi connectivity index (χ0) is 11.7. The van der Waals surface area contributed by atoms with E-state index in [4.69, 9.17) is 0 Å². The molecular formula is C14H20N2. The largest absolute Gasteiger partial charge is 0.357 e. The molecule has 0 unspecified atom stereocenters. The van der Waals surface area contributed by atoms with Crippen molar-refractivity contribution >= 4 is 10.9 Å². The van der Waals surface area contributed by atoms with E-state index in [1.165, 1.54) is 27.7 Å². The number of benzene rings is 1. The van der Waals surface area contributed by atoms with Crippen molar-refractivity contribution in [2.45, 2.75) is 33.2 Å². The van der Waals surface area contributed by atoms with Gasteiger partial charge in [-0.3, -0.25) is 0 Å². The SMILES string of the molecule is CNCc1[nH]c2ccc(C)cc2c1C(C)C. The highest BCUT2D eigenvalue weighted by Gasteiger charge is 2.13. The molecule has 2 aromatic rings. The van der Waals surface area contributed by atoms with Crippen molar-refractivity contribution in [3.8, 4) is 0 Å². The van der Waals surface area contributed by atoms with Crippen LogP contribution in [0.15, 0.2) is 18.2 Å². The summed E-state index contributed by atoms with van der Waals surface area (Å²) in [4.78, 5) is 3.51. The summed E-state index contributed by atoms with van der Waals surface area (Å²) < 4.78 is 0. The fourth-order valence-corrected chi connectivity index (χ4v) is 2.36. The Morgan fingerprint density at radius 3 is 2.69 bits per heavy atom. The van der Waals surface area contributed by atoms with E-state index in [2.05, 4.69) is 49.3 Å². The van der Waals surface area contributed by atoms with Gasteiger partial charge in [0.25, 0.3) is 0 Å². The van der Waals surface area contributed by atoms with Crippen LogP contribution in [-0.2, 0) is 6.54 Å². The molecule has 0 aliphatic rings. The van der Waals surface area contributed by atoms with E-state index < -0.39 is 0 Å². The maximum Gasteiger partial charge on any atom is 0.0459 e. The van der Waals surface area contributed by atoms with Crippen molar-refractivity contribution in [1.82, 2.24) is 10.3 Å². The van der Waals surface area contributed by atoms with Crippen molar-refractivity contribution in [2.75, 3.05) is 7.05 Å². The molecule has 2 heteroatoms. The standard InChI is InChI=1S/C14H20N2/c1-9(2)14-11-7-10(3)5-6-12(11)16-13(14)8-15-4/h5-7,9,15-16H,8H2,1-4H3.